The van der Waals surface area contributed by atoms with Crippen molar-refractivity contribution in [3.63, 3.8) is 0 Å². The molecule has 28 heavy (non-hydrogen) atoms. The molecular formula is C20H28FIN4O2. The number of hydrogen-bond donors (Lipinski definition) is 2. The van der Waals surface area contributed by atoms with Gasteiger partial charge in [0.05, 0.1) is 25.9 Å². The van der Waals surface area contributed by atoms with Crippen LogP contribution in [0.2, 0.25) is 0 Å². The van der Waals surface area contributed by atoms with Crippen LogP contribution in [0, 0.1) is 19.7 Å². The van der Waals surface area contributed by atoms with Gasteiger partial charge in [-0.2, -0.15) is 0 Å². The van der Waals surface area contributed by atoms with E-state index in [4.69, 9.17) is 9.47 Å². The summed E-state index contributed by atoms with van der Waals surface area (Å²) in [6, 6.07) is 6.10. The standard InChI is InChI=1S/C20H27FN4O2.HI/c1-13-10-23-18(15(3)19(13)26-5)12-25-20(22-4)24-11-14(2)27-17-8-6-7-16(21)9-17;/h6-10,14H,11-12H2,1-5H3,(H2,22,24,25);1H. The smallest absolute Gasteiger partial charge is 0.191 e. The number of pyridine rings is 1. The zero-order chi connectivity index (χ0) is 19.8. The van der Waals surface area contributed by atoms with Gasteiger partial charge in [0, 0.05) is 30.4 Å². The number of halogens is 2. The number of ether oxygens (including phenoxy) is 2. The van der Waals surface area contributed by atoms with Gasteiger partial charge in [-0.15, -0.1) is 24.0 Å². The first kappa shape index (κ1) is 23.9. The lowest BCUT2D eigenvalue weighted by Crippen LogP contribution is -2.41. The fourth-order valence-electron chi connectivity index (χ4n) is 2.69. The van der Waals surface area contributed by atoms with Gasteiger partial charge in [0.2, 0.25) is 0 Å². The number of hydrogen-bond acceptors (Lipinski definition) is 4. The highest BCUT2D eigenvalue weighted by Gasteiger charge is 2.11. The molecule has 0 aliphatic heterocycles. The van der Waals surface area contributed by atoms with E-state index in [2.05, 4.69) is 20.6 Å². The molecule has 0 amide bonds. The molecule has 0 aliphatic rings. The molecule has 0 radical (unpaired) electrons. The molecule has 1 heterocycles. The molecule has 0 aliphatic carbocycles. The quantitative estimate of drug-likeness (QED) is 0.344. The van der Waals surface area contributed by atoms with Crippen molar-refractivity contribution in [3.05, 3.63) is 53.1 Å². The number of aromatic nitrogens is 1. The third kappa shape index (κ3) is 6.81. The Balaban J connectivity index is 0.00000392. The minimum atomic E-state index is -0.318. The molecule has 2 rings (SSSR count). The molecule has 0 saturated heterocycles. The van der Waals surface area contributed by atoms with Crippen LogP contribution >= 0.6 is 24.0 Å². The first-order valence-corrected chi connectivity index (χ1v) is 8.80. The molecule has 6 nitrogen and oxygen atoms in total. The van der Waals surface area contributed by atoms with Crippen LogP contribution in [0.4, 0.5) is 4.39 Å². The largest absolute Gasteiger partial charge is 0.496 e. The van der Waals surface area contributed by atoms with Gasteiger partial charge >= 0.3 is 0 Å². The van der Waals surface area contributed by atoms with Crippen molar-refractivity contribution in [2.24, 2.45) is 4.99 Å². The van der Waals surface area contributed by atoms with Crippen molar-refractivity contribution in [1.29, 1.82) is 0 Å². The Morgan fingerprint density at radius 2 is 2.04 bits per heavy atom. The molecule has 0 fully saturated rings. The second-order valence-electron chi connectivity index (χ2n) is 6.24. The topological polar surface area (TPSA) is 67.8 Å². The molecule has 0 bridgehead atoms. The van der Waals surface area contributed by atoms with Crippen molar-refractivity contribution in [1.82, 2.24) is 15.6 Å². The van der Waals surface area contributed by atoms with Crippen molar-refractivity contribution in [2.75, 3.05) is 20.7 Å². The van der Waals surface area contributed by atoms with Gasteiger partial charge in [-0.05, 0) is 32.9 Å². The van der Waals surface area contributed by atoms with Gasteiger partial charge in [0.1, 0.15) is 23.4 Å². The highest BCUT2D eigenvalue weighted by Crippen LogP contribution is 2.23. The van der Waals surface area contributed by atoms with Crippen LogP contribution in [0.15, 0.2) is 35.5 Å². The van der Waals surface area contributed by atoms with E-state index >= 15 is 0 Å². The predicted octanol–water partition coefficient (Wildman–Crippen LogP) is 3.60. The van der Waals surface area contributed by atoms with Crippen LogP contribution in [0.3, 0.4) is 0 Å². The van der Waals surface area contributed by atoms with E-state index in [1.165, 1.54) is 12.1 Å². The van der Waals surface area contributed by atoms with Gasteiger partial charge < -0.3 is 20.1 Å². The molecule has 0 saturated carbocycles. The lowest BCUT2D eigenvalue weighted by molar-refractivity contribution is 0.223. The average molecular weight is 502 g/mol. The molecule has 8 heteroatoms. The first-order valence-electron chi connectivity index (χ1n) is 8.80. The minimum absolute atomic E-state index is 0. The molecule has 154 valence electrons. The lowest BCUT2D eigenvalue weighted by atomic mass is 10.1. The zero-order valence-electron chi connectivity index (χ0n) is 16.9. The van der Waals surface area contributed by atoms with Gasteiger partial charge in [0.25, 0.3) is 0 Å². The van der Waals surface area contributed by atoms with E-state index in [1.54, 1.807) is 32.5 Å². The van der Waals surface area contributed by atoms with Crippen LogP contribution in [0.5, 0.6) is 11.5 Å². The number of methoxy groups -OCH3 is 1. The molecule has 2 N–H and O–H groups in total. The van der Waals surface area contributed by atoms with E-state index in [9.17, 15) is 4.39 Å². The predicted molar refractivity (Wildman–Crippen MR) is 120 cm³/mol. The van der Waals surface area contributed by atoms with Crippen LogP contribution in [0.25, 0.3) is 0 Å². The maximum atomic E-state index is 13.2. The van der Waals surface area contributed by atoms with Crippen molar-refractivity contribution >= 4 is 29.9 Å². The number of rotatable bonds is 7. The Bertz CT molecular complexity index is 802. The molecule has 1 unspecified atom stereocenters. The molecule has 0 spiro atoms. The number of nitrogens with one attached hydrogen (secondary N) is 2. The van der Waals surface area contributed by atoms with Gasteiger partial charge in [-0.1, -0.05) is 6.07 Å². The van der Waals surface area contributed by atoms with Crippen LogP contribution in [0.1, 0.15) is 23.7 Å². The van der Waals surface area contributed by atoms with E-state index in [0.29, 0.717) is 24.8 Å². The summed E-state index contributed by atoms with van der Waals surface area (Å²) in [6.07, 6.45) is 1.64. The summed E-state index contributed by atoms with van der Waals surface area (Å²) in [5.74, 6) is 1.66. The molecule has 2 aromatic rings. The minimum Gasteiger partial charge on any atom is -0.496 e. The Morgan fingerprint density at radius 3 is 2.68 bits per heavy atom. The molecular weight excluding hydrogens is 474 g/mol. The highest BCUT2D eigenvalue weighted by molar-refractivity contribution is 14.0. The van der Waals surface area contributed by atoms with E-state index < -0.39 is 0 Å². The first-order chi connectivity index (χ1) is 12.9. The average Bonchev–Trinajstić information content (AvgIpc) is 2.63. The maximum absolute atomic E-state index is 13.2. The summed E-state index contributed by atoms with van der Waals surface area (Å²) < 4.78 is 24.4. The second-order valence-corrected chi connectivity index (χ2v) is 6.24. The Morgan fingerprint density at radius 1 is 1.29 bits per heavy atom. The van der Waals surface area contributed by atoms with Crippen LogP contribution < -0.4 is 20.1 Å². The number of guanidine groups is 1. The third-order valence-electron chi connectivity index (χ3n) is 4.09. The summed E-state index contributed by atoms with van der Waals surface area (Å²) in [7, 11) is 3.36. The van der Waals surface area contributed by atoms with Crippen LogP contribution in [-0.4, -0.2) is 37.7 Å². The monoisotopic (exact) mass is 502 g/mol. The SMILES string of the molecule is CN=C(NCc1ncc(C)c(OC)c1C)NCC(C)Oc1cccc(F)c1.I. The number of aliphatic imine (C=N–C) groups is 1. The Labute approximate surface area is 183 Å². The number of benzene rings is 1. The van der Waals surface area contributed by atoms with Gasteiger partial charge in [-0.25, -0.2) is 4.39 Å². The van der Waals surface area contributed by atoms with E-state index in [-0.39, 0.29) is 35.9 Å². The van der Waals surface area contributed by atoms with Crippen LogP contribution in [-0.2, 0) is 6.54 Å². The molecule has 1 aromatic carbocycles. The fraction of sp³-hybridized carbons (Fsp3) is 0.400. The Kier molecular flexibility index (Phi) is 9.98. The summed E-state index contributed by atoms with van der Waals surface area (Å²) in [5, 5.41) is 6.43. The third-order valence-corrected chi connectivity index (χ3v) is 4.09. The van der Waals surface area contributed by atoms with E-state index in [0.717, 1.165) is 22.6 Å². The zero-order valence-corrected chi connectivity index (χ0v) is 19.2. The fourth-order valence-corrected chi connectivity index (χ4v) is 2.69. The van der Waals surface area contributed by atoms with Crippen molar-refractivity contribution < 1.29 is 13.9 Å². The second kappa shape index (κ2) is 11.7. The Hall–Kier alpha value is -2.10. The maximum Gasteiger partial charge on any atom is 0.191 e. The summed E-state index contributed by atoms with van der Waals surface area (Å²) in [6.45, 7) is 6.89. The normalized spacial score (nSPS) is 12.0. The van der Waals surface area contributed by atoms with Gasteiger partial charge in [-0.3, -0.25) is 9.98 Å². The molecule has 1 aromatic heterocycles. The summed E-state index contributed by atoms with van der Waals surface area (Å²) in [5.41, 5.74) is 2.90. The van der Waals surface area contributed by atoms with E-state index in [1.807, 2.05) is 20.8 Å². The summed E-state index contributed by atoms with van der Waals surface area (Å²) >= 11 is 0. The summed E-state index contributed by atoms with van der Waals surface area (Å²) in [4.78, 5) is 8.67. The van der Waals surface area contributed by atoms with Gasteiger partial charge in [0.15, 0.2) is 5.96 Å². The number of nitrogens with zero attached hydrogens (tertiary/aromatic N) is 2. The van der Waals surface area contributed by atoms with Crippen molar-refractivity contribution in [3.8, 4) is 11.5 Å². The molecule has 1 atom stereocenters. The highest BCUT2D eigenvalue weighted by atomic mass is 127. The van der Waals surface area contributed by atoms with Crippen molar-refractivity contribution in [2.45, 2.75) is 33.4 Å². The number of aryl methyl sites for hydroxylation is 1. The lowest BCUT2D eigenvalue weighted by Gasteiger charge is -2.18.